The van der Waals surface area contributed by atoms with Gasteiger partial charge in [-0.05, 0) is 5.56 Å². The van der Waals surface area contributed by atoms with Gasteiger partial charge in [-0.2, -0.15) is 5.26 Å². The van der Waals surface area contributed by atoms with E-state index in [1.165, 1.54) is 0 Å². The van der Waals surface area contributed by atoms with E-state index in [1.807, 2.05) is 24.3 Å². The van der Waals surface area contributed by atoms with Crippen LogP contribution in [0.25, 0.3) is 11.3 Å². The van der Waals surface area contributed by atoms with E-state index in [2.05, 4.69) is 31.2 Å². The smallest absolute Gasteiger partial charge is 0.207 e. The number of piperazine rings is 1. The molecule has 0 unspecified atom stereocenters. The Balaban J connectivity index is 0.00000261. The molecule has 2 aromatic rings. The zero-order chi connectivity index (χ0) is 18.2. The van der Waals surface area contributed by atoms with E-state index in [-0.39, 0.29) is 12.4 Å². The average Bonchev–Trinajstić information content (AvgIpc) is 2.70. The maximum absolute atomic E-state index is 10.3. The monoisotopic (exact) mass is 386 g/mol. The minimum absolute atomic E-state index is 0. The second-order valence-electron chi connectivity index (χ2n) is 6.16. The predicted octanol–water partition coefficient (Wildman–Crippen LogP) is 1.50. The normalized spacial score (nSPS) is 14.1. The lowest BCUT2D eigenvalue weighted by Gasteiger charge is -2.35. The first-order valence-corrected chi connectivity index (χ1v) is 8.73. The highest BCUT2D eigenvalue weighted by atomic mass is 35.5. The van der Waals surface area contributed by atoms with Crippen molar-refractivity contribution in [1.29, 1.82) is 5.26 Å². The van der Waals surface area contributed by atoms with Crippen LogP contribution in [0.4, 0.5) is 5.82 Å². The number of hydrogen-bond acceptors (Lipinski definition) is 6. The van der Waals surface area contributed by atoms with Gasteiger partial charge in [0.05, 0.1) is 12.5 Å². The van der Waals surface area contributed by atoms with Gasteiger partial charge in [0.1, 0.15) is 5.69 Å². The lowest BCUT2D eigenvalue weighted by molar-refractivity contribution is -0.109. The Kier molecular flexibility index (Phi) is 7.99. The van der Waals surface area contributed by atoms with Crippen LogP contribution in [0.1, 0.15) is 5.56 Å². The fourth-order valence-corrected chi connectivity index (χ4v) is 3.10. The van der Waals surface area contributed by atoms with E-state index in [9.17, 15) is 4.79 Å². The van der Waals surface area contributed by atoms with Crippen LogP contribution in [0.15, 0.2) is 36.7 Å². The molecule has 1 aromatic carbocycles. The fourth-order valence-electron chi connectivity index (χ4n) is 3.10. The quantitative estimate of drug-likeness (QED) is 0.573. The van der Waals surface area contributed by atoms with Gasteiger partial charge >= 0.3 is 0 Å². The Hall–Kier alpha value is -2.69. The molecule has 0 saturated carbocycles. The summed E-state index contributed by atoms with van der Waals surface area (Å²) in [5.41, 5.74) is 2.87. The van der Waals surface area contributed by atoms with Crippen molar-refractivity contribution in [3.8, 4) is 17.3 Å². The lowest BCUT2D eigenvalue weighted by atomic mass is 10.1. The Bertz CT molecular complexity index is 769. The summed E-state index contributed by atoms with van der Waals surface area (Å²) < 4.78 is 0. The van der Waals surface area contributed by atoms with Crippen LogP contribution in [0.3, 0.4) is 0 Å². The Morgan fingerprint density at radius 1 is 1.11 bits per heavy atom. The maximum Gasteiger partial charge on any atom is 0.207 e. The summed E-state index contributed by atoms with van der Waals surface area (Å²) in [5.74, 6) is 0.895. The van der Waals surface area contributed by atoms with Crippen molar-refractivity contribution in [3.63, 3.8) is 0 Å². The third-order valence-electron chi connectivity index (χ3n) is 4.52. The van der Waals surface area contributed by atoms with Crippen LogP contribution in [-0.4, -0.2) is 60.5 Å². The Labute approximate surface area is 165 Å². The number of nitrogens with zero attached hydrogens (tertiary/aromatic N) is 5. The molecule has 142 valence electrons. The van der Waals surface area contributed by atoms with E-state index < -0.39 is 0 Å². The van der Waals surface area contributed by atoms with Crippen LogP contribution in [0.5, 0.6) is 0 Å². The van der Waals surface area contributed by atoms with Gasteiger partial charge in [0, 0.05) is 57.2 Å². The van der Waals surface area contributed by atoms with Crippen molar-refractivity contribution in [2.45, 2.75) is 6.42 Å². The number of hydrogen-bond donors (Lipinski definition) is 1. The van der Waals surface area contributed by atoms with Crippen LogP contribution in [-0.2, 0) is 11.2 Å². The van der Waals surface area contributed by atoms with Crippen molar-refractivity contribution < 1.29 is 4.79 Å². The average molecular weight is 387 g/mol. The van der Waals surface area contributed by atoms with Gasteiger partial charge in [-0.3, -0.25) is 14.7 Å². The largest absolute Gasteiger partial charge is 0.357 e. The first-order chi connectivity index (χ1) is 12.8. The third kappa shape index (κ3) is 5.39. The molecular formula is C19H23ClN6O. The van der Waals surface area contributed by atoms with E-state index in [1.54, 1.807) is 12.4 Å². The van der Waals surface area contributed by atoms with E-state index in [0.29, 0.717) is 13.0 Å². The molecule has 3 rings (SSSR count). The molecule has 0 aliphatic carbocycles. The summed E-state index contributed by atoms with van der Waals surface area (Å²) in [4.78, 5) is 24.1. The van der Waals surface area contributed by atoms with Crippen molar-refractivity contribution in [2.24, 2.45) is 0 Å². The predicted molar refractivity (Wildman–Crippen MR) is 107 cm³/mol. The molecule has 1 saturated heterocycles. The molecule has 1 aromatic heterocycles. The maximum atomic E-state index is 10.3. The van der Waals surface area contributed by atoms with Crippen LogP contribution < -0.4 is 10.2 Å². The molecule has 1 aliphatic heterocycles. The number of nitrogens with one attached hydrogen (secondary N) is 1. The summed E-state index contributed by atoms with van der Waals surface area (Å²) in [6, 6.07) is 10.1. The minimum atomic E-state index is 0. The number of amides is 1. The SMILES string of the molecule is Cl.N#CCc1ccc(-c2nccnc2N2CCN(CCNC=O)CC2)cc1. The number of anilines is 1. The number of benzene rings is 1. The van der Waals surface area contributed by atoms with E-state index >= 15 is 0 Å². The van der Waals surface area contributed by atoms with Gasteiger partial charge in [0.2, 0.25) is 6.41 Å². The number of nitriles is 1. The third-order valence-corrected chi connectivity index (χ3v) is 4.52. The van der Waals surface area contributed by atoms with Gasteiger partial charge in [0.15, 0.2) is 5.82 Å². The second kappa shape index (κ2) is 10.5. The number of rotatable bonds is 7. The van der Waals surface area contributed by atoms with Crippen LogP contribution in [0, 0.1) is 11.3 Å². The zero-order valence-electron chi connectivity index (χ0n) is 15.0. The molecule has 1 fully saturated rings. The molecule has 7 nitrogen and oxygen atoms in total. The highest BCUT2D eigenvalue weighted by molar-refractivity contribution is 5.85. The highest BCUT2D eigenvalue weighted by Gasteiger charge is 2.21. The van der Waals surface area contributed by atoms with Gasteiger partial charge in [-0.15, -0.1) is 12.4 Å². The van der Waals surface area contributed by atoms with E-state index in [0.717, 1.165) is 61.8 Å². The molecule has 27 heavy (non-hydrogen) atoms. The molecule has 0 atom stereocenters. The van der Waals surface area contributed by atoms with Crippen LogP contribution >= 0.6 is 12.4 Å². The van der Waals surface area contributed by atoms with Gasteiger partial charge in [-0.1, -0.05) is 24.3 Å². The van der Waals surface area contributed by atoms with Crippen molar-refractivity contribution in [1.82, 2.24) is 20.2 Å². The topological polar surface area (TPSA) is 85.2 Å². The molecule has 1 aliphatic rings. The highest BCUT2D eigenvalue weighted by Crippen LogP contribution is 2.27. The molecule has 0 bridgehead atoms. The van der Waals surface area contributed by atoms with Gasteiger partial charge in [0.25, 0.3) is 0 Å². The van der Waals surface area contributed by atoms with E-state index in [4.69, 9.17) is 5.26 Å². The molecule has 1 N–H and O–H groups in total. The number of carbonyl (C=O) groups is 1. The first-order valence-electron chi connectivity index (χ1n) is 8.73. The number of aromatic nitrogens is 2. The molecule has 0 spiro atoms. The summed E-state index contributed by atoms with van der Waals surface area (Å²) in [6.45, 7) is 5.14. The summed E-state index contributed by atoms with van der Waals surface area (Å²) in [7, 11) is 0. The molecular weight excluding hydrogens is 364 g/mol. The first kappa shape index (κ1) is 20.6. The van der Waals surface area contributed by atoms with Crippen molar-refractivity contribution in [3.05, 3.63) is 42.2 Å². The summed E-state index contributed by atoms with van der Waals surface area (Å²) >= 11 is 0. The summed E-state index contributed by atoms with van der Waals surface area (Å²) in [6.07, 6.45) is 4.59. The Morgan fingerprint density at radius 2 is 1.81 bits per heavy atom. The molecule has 1 amide bonds. The number of halogens is 1. The second-order valence-corrected chi connectivity index (χ2v) is 6.16. The van der Waals surface area contributed by atoms with Crippen molar-refractivity contribution in [2.75, 3.05) is 44.2 Å². The standard InChI is InChI=1S/C19H22N6O.ClH/c20-6-5-16-1-3-17(4-2-16)18-19(23-8-7-22-18)25-13-11-24(12-14-25)10-9-21-15-26;/h1-4,7-8,15H,5,9-14H2,(H,21,26);1H. The minimum Gasteiger partial charge on any atom is -0.357 e. The fraction of sp³-hybridized carbons (Fsp3) is 0.368. The Morgan fingerprint density at radius 3 is 2.48 bits per heavy atom. The summed E-state index contributed by atoms with van der Waals surface area (Å²) in [5, 5.41) is 11.5. The van der Waals surface area contributed by atoms with Gasteiger partial charge < -0.3 is 10.2 Å². The van der Waals surface area contributed by atoms with Crippen LogP contribution in [0.2, 0.25) is 0 Å². The lowest BCUT2D eigenvalue weighted by Crippen LogP contribution is -2.48. The van der Waals surface area contributed by atoms with Crippen molar-refractivity contribution >= 4 is 24.6 Å². The number of carbonyl (C=O) groups excluding carboxylic acids is 1. The molecule has 8 heteroatoms. The molecule has 0 radical (unpaired) electrons. The zero-order valence-corrected chi connectivity index (χ0v) is 15.9. The van der Waals surface area contributed by atoms with Gasteiger partial charge in [-0.25, -0.2) is 4.98 Å². The molecule has 2 heterocycles.